The molecule has 0 N–H and O–H groups in total. The first-order chi connectivity index (χ1) is 3.55. The van der Waals surface area contributed by atoms with Gasteiger partial charge in [-0.3, -0.25) is 4.21 Å². The molecule has 0 heterocycles. The third-order valence-corrected chi connectivity index (χ3v) is 1.96. The lowest BCUT2D eigenvalue weighted by Crippen LogP contribution is -2.09. The minimum absolute atomic E-state index is 0.407. The van der Waals surface area contributed by atoms with E-state index in [9.17, 15) is 8.76 Å². The van der Waals surface area contributed by atoms with Crippen molar-refractivity contribution in [3.63, 3.8) is 0 Å². The fourth-order valence-corrected chi connectivity index (χ4v) is 0.493. The molecule has 0 aromatic rings. The molecule has 0 amide bonds. The van der Waals surface area contributed by atoms with Crippen molar-refractivity contribution in [3.05, 3.63) is 12.2 Å². The van der Waals surface area contributed by atoms with E-state index in [0.717, 1.165) is 0 Å². The average molecular weight is 133 g/mol. The van der Waals surface area contributed by atoms with Gasteiger partial charge in [0.2, 0.25) is 0 Å². The molecular weight excluding hydrogens is 124 g/mol. The molecule has 0 aliphatic rings. The van der Waals surface area contributed by atoms with Gasteiger partial charge >= 0.3 is 0 Å². The minimum Gasteiger partial charge on any atom is -0.772 e. The lowest BCUT2D eigenvalue weighted by Gasteiger charge is -2.13. The SMILES string of the molecule is C=C(C)C(C)S(=O)[O-]. The summed E-state index contributed by atoms with van der Waals surface area (Å²) in [6.45, 7) is 6.78. The first-order valence-corrected chi connectivity index (χ1v) is 3.43. The molecule has 0 aromatic heterocycles. The number of hydrogen-bond acceptors (Lipinski definition) is 2. The fraction of sp³-hybridized carbons (Fsp3) is 0.600. The molecule has 0 bridgehead atoms. The van der Waals surface area contributed by atoms with E-state index in [1.54, 1.807) is 13.8 Å². The van der Waals surface area contributed by atoms with Crippen molar-refractivity contribution in [1.82, 2.24) is 0 Å². The molecule has 0 saturated carbocycles. The quantitative estimate of drug-likeness (QED) is 0.413. The van der Waals surface area contributed by atoms with Crippen LogP contribution in [0.4, 0.5) is 0 Å². The van der Waals surface area contributed by atoms with Crippen LogP contribution < -0.4 is 0 Å². The van der Waals surface area contributed by atoms with Crippen molar-refractivity contribution in [2.24, 2.45) is 0 Å². The van der Waals surface area contributed by atoms with Crippen LogP contribution in [-0.4, -0.2) is 14.0 Å². The molecule has 0 aliphatic carbocycles. The van der Waals surface area contributed by atoms with Crippen molar-refractivity contribution in [2.75, 3.05) is 0 Å². The Labute approximate surface area is 51.9 Å². The highest BCUT2D eigenvalue weighted by Gasteiger charge is 1.99. The maximum atomic E-state index is 10.1. The molecule has 0 saturated heterocycles. The molecular formula is C5H9O2S-. The van der Waals surface area contributed by atoms with Crippen LogP contribution in [0.15, 0.2) is 12.2 Å². The Morgan fingerprint density at radius 3 is 2.25 bits per heavy atom. The molecule has 2 unspecified atom stereocenters. The van der Waals surface area contributed by atoms with Crippen molar-refractivity contribution in [1.29, 1.82) is 0 Å². The van der Waals surface area contributed by atoms with Gasteiger partial charge in [-0.25, -0.2) is 0 Å². The fourth-order valence-electron chi connectivity index (χ4n) is 0.164. The zero-order valence-corrected chi connectivity index (χ0v) is 5.83. The van der Waals surface area contributed by atoms with Crippen LogP contribution in [0, 0.1) is 0 Å². The second-order valence-electron chi connectivity index (χ2n) is 1.75. The summed E-state index contributed by atoms with van der Waals surface area (Å²) in [5.74, 6) is 0. The first kappa shape index (κ1) is 7.85. The largest absolute Gasteiger partial charge is 0.772 e. The number of rotatable bonds is 2. The highest BCUT2D eigenvalue weighted by molar-refractivity contribution is 7.80. The Bertz CT molecular complexity index is 106. The van der Waals surface area contributed by atoms with Gasteiger partial charge in [0.05, 0.1) is 0 Å². The van der Waals surface area contributed by atoms with E-state index in [0.29, 0.717) is 5.57 Å². The van der Waals surface area contributed by atoms with Gasteiger partial charge in [0.1, 0.15) is 0 Å². The summed E-state index contributed by atoms with van der Waals surface area (Å²) < 4.78 is 20.2. The van der Waals surface area contributed by atoms with E-state index in [-0.39, 0.29) is 0 Å². The lowest BCUT2D eigenvalue weighted by molar-refractivity contribution is 0.530. The van der Waals surface area contributed by atoms with Crippen molar-refractivity contribution < 1.29 is 8.76 Å². The molecule has 0 fully saturated rings. The Hall–Kier alpha value is -0.150. The minimum atomic E-state index is -1.99. The molecule has 3 heteroatoms. The van der Waals surface area contributed by atoms with E-state index in [1.165, 1.54) is 0 Å². The van der Waals surface area contributed by atoms with Crippen LogP contribution in [-0.2, 0) is 11.1 Å². The molecule has 0 spiro atoms. The third kappa shape index (κ3) is 2.23. The van der Waals surface area contributed by atoms with Crippen LogP contribution in [0.3, 0.4) is 0 Å². The predicted molar refractivity (Wildman–Crippen MR) is 33.2 cm³/mol. The van der Waals surface area contributed by atoms with E-state index in [1.807, 2.05) is 0 Å². The summed E-state index contributed by atoms with van der Waals surface area (Å²) in [5, 5.41) is -0.407. The van der Waals surface area contributed by atoms with Gasteiger partial charge in [-0.1, -0.05) is 12.2 Å². The summed E-state index contributed by atoms with van der Waals surface area (Å²) in [4.78, 5) is 0. The van der Waals surface area contributed by atoms with Gasteiger partial charge in [0.25, 0.3) is 0 Å². The van der Waals surface area contributed by atoms with E-state index in [4.69, 9.17) is 0 Å². The van der Waals surface area contributed by atoms with Crippen molar-refractivity contribution in [3.8, 4) is 0 Å². The molecule has 0 aromatic carbocycles. The second-order valence-corrected chi connectivity index (χ2v) is 2.98. The molecule has 2 atom stereocenters. The third-order valence-electron chi connectivity index (χ3n) is 0.983. The smallest absolute Gasteiger partial charge is 0.0391 e. The molecule has 48 valence electrons. The molecule has 0 aliphatic heterocycles. The zero-order chi connectivity index (χ0) is 6.73. The highest BCUT2D eigenvalue weighted by atomic mass is 32.2. The van der Waals surface area contributed by atoms with Gasteiger partial charge < -0.3 is 4.55 Å². The molecule has 8 heavy (non-hydrogen) atoms. The van der Waals surface area contributed by atoms with E-state index < -0.39 is 16.3 Å². The van der Waals surface area contributed by atoms with Gasteiger partial charge in [-0.2, -0.15) is 0 Å². The van der Waals surface area contributed by atoms with E-state index >= 15 is 0 Å². The van der Waals surface area contributed by atoms with Crippen LogP contribution in [0.25, 0.3) is 0 Å². The summed E-state index contributed by atoms with van der Waals surface area (Å²) >= 11 is -1.99. The standard InChI is InChI=1S/C5H10O2S/c1-4(2)5(3)8(6)7/h5H,1H2,2-3H3,(H,6,7)/p-1. The zero-order valence-electron chi connectivity index (χ0n) is 5.01. The lowest BCUT2D eigenvalue weighted by atomic mass is 10.3. The normalized spacial score (nSPS) is 17.4. The van der Waals surface area contributed by atoms with Crippen LogP contribution in [0.2, 0.25) is 0 Å². The van der Waals surface area contributed by atoms with Gasteiger partial charge in [-0.15, -0.1) is 0 Å². The maximum Gasteiger partial charge on any atom is 0.0391 e. The summed E-state index contributed by atoms with van der Waals surface area (Å²) in [6.07, 6.45) is 0. The summed E-state index contributed by atoms with van der Waals surface area (Å²) in [7, 11) is 0. The molecule has 0 rings (SSSR count). The van der Waals surface area contributed by atoms with Crippen molar-refractivity contribution in [2.45, 2.75) is 19.1 Å². The second kappa shape index (κ2) is 2.99. The molecule has 0 radical (unpaired) electrons. The van der Waals surface area contributed by atoms with Crippen molar-refractivity contribution >= 4 is 11.1 Å². The Morgan fingerprint density at radius 2 is 2.25 bits per heavy atom. The maximum absolute atomic E-state index is 10.1. The Kier molecular flexibility index (Phi) is 2.94. The van der Waals surface area contributed by atoms with Gasteiger partial charge in [0.15, 0.2) is 0 Å². The average Bonchev–Trinajstić information content (AvgIpc) is 1.64. The Morgan fingerprint density at radius 1 is 1.88 bits per heavy atom. The topological polar surface area (TPSA) is 40.1 Å². The summed E-state index contributed by atoms with van der Waals surface area (Å²) in [5.41, 5.74) is 0.679. The van der Waals surface area contributed by atoms with Crippen LogP contribution in [0.1, 0.15) is 13.8 Å². The van der Waals surface area contributed by atoms with Crippen LogP contribution >= 0.6 is 0 Å². The first-order valence-electron chi connectivity index (χ1n) is 2.29. The van der Waals surface area contributed by atoms with E-state index in [2.05, 4.69) is 6.58 Å². The predicted octanol–water partition coefficient (Wildman–Crippen LogP) is 0.830. The monoisotopic (exact) mass is 133 g/mol. The number of hydrogen-bond donors (Lipinski definition) is 0. The Balaban J connectivity index is 3.83. The van der Waals surface area contributed by atoms with Gasteiger partial charge in [0, 0.05) is 5.25 Å². The summed E-state index contributed by atoms with van der Waals surface area (Å²) in [6, 6.07) is 0. The molecule has 2 nitrogen and oxygen atoms in total. The highest BCUT2D eigenvalue weighted by Crippen LogP contribution is 2.01. The van der Waals surface area contributed by atoms with Gasteiger partial charge in [-0.05, 0) is 24.9 Å². The van der Waals surface area contributed by atoms with Crippen LogP contribution in [0.5, 0.6) is 0 Å².